The lowest BCUT2D eigenvalue weighted by Gasteiger charge is -2.30. The van der Waals surface area contributed by atoms with Crippen LogP contribution in [0.2, 0.25) is 12.1 Å². The Morgan fingerprint density at radius 3 is 2.00 bits per heavy atom. The lowest BCUT2D eigenvalue weighted by atomic mass is 10.1. The van der Waals surface area contributed by atoms with Gasteiger partial charge in [-0.2, -0.15) is 0 Å². The van der Waals surface area contributed by atoms with Crippen molar-refractivity contribution in [3.63, 3.8) is 0 Å². The first kappa shape index (κ1) is 18.1. The van der Waals surface area contributed by atoms with Gasteiger partial charge in [0.2, 0.25) is 0 Å². The van der Waals surface area contributed by atoms with Crippen molar-refractivity contribution in [2.24, 2.45) is 11.8 Å². The third kappa shape index (κ3) is 7.55. The first-order chi connectivity index (χ1) is 8.49. The minimum Gasteiger partial charge on any atom is -0.394 e. The van der Waals surface area contributed by atoms with Crippen LogP contribution in [0.4, 0.5) is 0 Å². The van der Waals surface area contributed by atoms with Crippen molar-refractivity contribution in [3.05, 3.63) is 0 Å². The van der Waals surface area contributed by atoms with Gasteiger partial charge in [0.1, 0.15) is 0 Å². The van der Waals surface area contributed by atoms with E-state index in [2.05, 4.69) is 41.5 Å². The largest absolute Gasteiger partial charge is 0.394 e. The first-order valence-electron chi connectivity index (χ1n) is 7.77. The Kier molecular flexibility index (Phi) is 10.1. The van der Waals surface area contributed by atoms with Gasteiger partial charge in [-0.15, -0.1) is 0 Å². The van der Waals surface area contributed by atoms with Crippen molar-refractivity contribution in [2.45, 2.75) is 72.9 Å². The van der Waals surface area contributed by atoms with Gasteiger partial charge in [-0.3, -0.25) is 0 Å². The molecule has 0 amide bonds. The Balaban J connectivity index is 4.08. The van der Waals surface area contributed by atoms with Gasteiger partial charge in [0.25, 0.3) is 0 Å². The predicted molar refractivity (Wildman–Crippen MR) is 82.1 cm³/mol. The smallest absolute Gasteiger partial charge is 0.337 e. The predicted octanol–water partition coefficient (Wildman–Crippen LogP) is 4.98. The molecule has 0 saturated heterocycles. The molecule has 0 radical (unpaired) electrons. The molecule has 3 heteroatoms. The SMILES string of the molecule is CCC(C)CO[Si](CC)(CC)OCCCC(C)C. The quantitative estimate of drug-likeness (QED) is 0.390. The minimum atomic E-state index is -1.89. The zero-order valence-corrected chi connectivity index (χ0v) is 14.4. The van der Waals surface area contributed by atoms with E-state index in [0.717, 1.165) is 31.2 Å². The first-order valence-corrected chi connectivity index (χ1v) is 10.0. The molecule has 1 unspecified atom stereocenters. The van der Waals surface area contributed by atoms with E-state index in [4.69, 9.17) is 8.85 Å². The fourth-order valence-corrected chi connectivity index (χ4v) is 4.37. The van der Waals surface area contributed by atoms with Crippen LogP contribution < -0.4 is 0 Å². The van der Waals surface area contributed by atoms with Crippen LogP contribution in [-0.4, -0.2) is 21.8 Å². The maximum atomic E-state index is 6.20. The van der Waals surface area contributed by atoms with Crippen molar-refractivity contribution < 1.29 is 8.85 Å². The average Bonchev–Trinajstić information content (AvgIpc) is 2.38. The van der Waals surface area contributed by atoms with Crippen LogP contribution in [0.15, 0.2) is 0 Å². The molecule has 0 aromatic carbocycles. The van der Waals surface area contributed by atoms with E-state index in [1.165, 1.54) is 19.3 Å². The average molecular weight is 275 g/mol. The maximum Gasteiger partial charge on any atom is 0.337 e. The maximum absolute atomic E-state index is 6.20. The molecule has 0 aliphatic heterocycles. The molecule has 0 aromatic rings. The topological polar surface area (TPSA) is 18.5 Å². The highest BCUT2D eigenvalue weighted by molar-refractivity contribution is 6.67. The Bertz CT molecular complexity index is 191. The minimum absolute atomic E-state index is 0.647. The summed E-state index contributed by atoms with van der Waals surface area (Å²) in [6.45, 7) is 15.2. The van der Waals surface area contributed by atoms with Crippen molar-refractivity contribution in [2.75, 3.05) is 13.2 Å². The summed E-state index contributed by atoms with van der Waals surface area (Å²) in [4.78, 5) is 0. The monoisotopic (exact) mass is 274 g/mol. The molecular formula is C15H34O2Si. The van der Waals surface area contributed by atoms with Crippen LogP contribution in [0.5, 0.6) is 0 Å². The third-order valence-corrected chi connectivity index (χ3v) is 7.27. The lowest BCUT2D eigenvalue weighted by molar-refractivity contribution is 0.144. The molecule has 0 saturated carbocycles. The van der Waals surface area contributed by atoms with Gasteiger partial charge in [-0.25, -0.2) is 0 Å². The zero-order valence-electron chi connectivity index (χ0n) is 13.4. The summed E-state index contributed by atoms with van der Waals surface area (Å²) in [7, 11) is -1.89. The van der Waals surface area contributed by atoms with E-state index in [9.17, 15) is 0 Å². The molecule has 0 rings (SSSR count). The van der Waals surface area contributed by atoms with Crippen molar-refractivity contribution in [1.82, 2.24) is 0 Å². The van der Waals surface area contributed by atoms with Crippen LogP contribution >= 0.6 is 0 Å². The molecule has 110 valence electrons. The molecule has 1 atom stereocenters. The van der Waals surface area contributed by atoms with Crippen LogP contribution in [0.25, 0.3) is 0 Å². The Labute approximate surface area is 116 Å². The second kappa shape index (κ2) is 9.99. The molecule has 2 nitrogen and oxygen atoms in total. The molecule has 0 aliphatic rings. The van der Waals surface area contributed by atoms with E-state index >= 15 is 0 Å². The molecule has 0 heterocycles. The lowest BCUT2D eigenvalue weighted by Crippen LogP contribution is -2.42. The Hall–Kier alpha value is 0.137. The summed E-state index contributed by atoms with van der Waals surface area (Å²) in [5, 5.41) is 0. The van der Waals surface area contributed by atoms with E-state index in [-0.39, 0.29) is 0 Å². The Morgan fingerprint density at radius 1 is 0.944 bits per heavy atom. The standard InChI is InChI=1S/C15H34O2Si/c1-7-15(6)13-17-18(8-2,9-3)16-12-10-11-14(4)5/h14-15H,7-13H2,1-6H3. The van der Waals surface area contributed by atoms with Gasteiger partial charge in [-0.05, 0) is 36.8 Å². The summed E-state index contributed by atoms with van der Waals surface area (Å²) >= 11 is 0. The second-order valence-electron chi connectivity index (χ2n) is 5.83. The van der Waals surface area contributed by atoms with Gasteiger partial charge >= 0.3 is 8.56 Å². The summed E-state index contributed by atoms with van der Waals surface area (Å²) in [6, 6.07) is 2.14. The molecule has 0 N–H and O–H groups in total. The number of rotatable bonds is 11. The molecular weight excluding hydrogens is 240 g/mol. The zero-order chi connectivity index (χ0) is 14.0. The highest BCUT2D eigenvalue weighted by Gasteiger charge is 2.33. The fraction of sp³-hybridized carbons (Fsp3) is 1.00. The van der Waals surface area contributed by atoms with Gasteiger partial charge in [0, 0.05) is 13.2 Å². The molecule has 0 aromatic heterocycles. The molecule has 18 heavy (non-hydrogen) atoms. The van der Waals surface area contributed by atoms with Gasteiger partial charge < -0.3 is 8.85 Å². The van der Waals surface area contributed by atoms with Crippen molar-refractivity contribution in [3.8, 4) is 0 Å². The summed E-state index contributed by atoms with van der Waals surface area (Å²) in [6.07, 6.45) is 3.60. The highest BCUT2D eigenvalue weighted by atomic mass is 28.4. The fourth-order valence-electron chi connectivity index (χ4n) is 1.86. The summed E-state index contributed by atoms with van der Waals surface area (Å²) in [5.74, 6) is 1.42. The highest BCUT2D eigenvalue weighted by Crippen LogP contribution is 2.21. The van der Waals surface area contributed by atoms with Crippen LogP contribution in [0, 0.1) is 11.8 Å². The molecule has 0 aliphatic carbocycles. The van der Waals surface area contributed by atoms with E-state index in [1.807, 2.05) is 0 Å². The van der Waals surface area contributed by atoms with Gasteiger partial charge in [-0.1, -0.05) is 48.0 Å². The van der Waals surface area contributed by atoms with Crippen LogP contribution in [-0.2, 0) is 8.85 Å². The van der Waals surface area contributed by atoms with Gasteiger partial charge in [0.15, 0.2) is 0 Å². The van der Waals surface area contributed by atoms with Crippen LogP contribution in [0.1, 0.15) is 60.8 Å². The molecule has 0 bridgehead atoms. The van der Waals surface area contributed by atoms with Crippen molar-refractivity contribution in [1.29, 1.82) is 0 Å². The van der Waals surface area contributed by atoms with E-state index < -0.39 is 8.56 Å². The Morgan fingerprint density at radius 2 is 1.56 bits per heavy atom. The van der Waals surface area contributed by atoms with E-state index in [0.29, 0.717) is 5.92 Å². The molecule has 0 spiro atoms. The van der Waals surface area contributed by atoms with Crippen molar-refractivity contribution >= 4 is 8.56 Å². The van der Waals surface area contributed by atoms with Gasteiger partial charge in [0.05, 0.1) is 0 Å². The van der Waals surface area contributed by atoms with Crippen LogP contribution in [0.3, 0.4) is 0 Å². The summed E-state index contributed by atoms with van der Waals surface area (Å²) in [5.41, 5.74) is 0. The molecule has 0 fully saturated rings. The number of hydrogen-bond donors (Lipinski definition) is 0. The second-order valence-corrected chi connectivity index (χ2v) is 9.64. The summed E-state index contributed by atoms with van der Waals surface area (Å²) < 4.78 is 12.4. The number of hydrogen-bond acceptors (Lipinski definition) is 2. The third-order valence-electron chi connectivity index (χ3n) is 3.70. The normalized spacial score (nSPS) is 14.2. The van der Waals surface area contributed by atoms with E-state index in [1.54, 1.807) is 0 Å².